The molecule has 0 saturated carbocycles. The number of fused-ring (bicyclic) bond motifs is 1. The van der Waals surface area contributed by atoms with Crippen molar-refractivity contribution in [2.24, 2.45) is 0 Å². The number of carbonyl (C=O) groups excluding carboxylic acids is 1. The minimum atomic E-state index is -0.798. The lowest BCUT2D eigenvalue weighted by atomic mass is 9.90. The summed E-state index contributed by atoms with van der Waals surface area (Å²) >= 11 is 0. The number of esters is 1. The van der Waals surface area contributed by atoms with Crippen LogP contribution in [0.3, 0.4) is 0 Å². The number of ether oxygens (including phenoxy) is 6. The molecule has 1 aromatic carbocycles. The first kappa shape index (κ1) is 27.2. The third-order valence-electron chi connectivity index (χ3n) is 7.07. The number of aliphatic hydroxyl groups excluding tert-OH is 1. The van der Waals surface area contributed by atoms with E-state index in [0.29, 0.717) is 44.7 Å². The van der Waals surface area contributed by atoms with Crippen LogP contribution in [0.1, 0.15) is 58.4 Å². The molecular formula is C28H40O8. The van der Waals surface area contributed by atoms with E-state index in [0.717, 1.165) is 18.4 Å². The van der Waals surface area contributed by atoms with Crippen LogP contribution in [-0.2, 0) is 39.8 Å². The van der Waals surface area contributed by atoms with Crippen LogP contribution in [0.5, 0.6) is 0 Å². The Hall–Kier alpha value is -1.81. The molecule has 3 heterocycles. The molecule has 3 fully saturated rings. The van der Waals surface area contributed by atoms with E-state index in [4.69, 9.17) is 28.4 Å². The molecule has 8 heteroatoms. The summed E-state index contributed by atoms with van der Waals surface area (Å²) in [4.78, 5) is 11.8. The van der Waals surface area contributed by atoms with Crippen LogP contribution in [-0.4, -0.2) is 72.8 Å². The third-order valence-corrected chi connectivity index (χ3v) is 7.07. The first-order valence-corrected chi connectivity index (χ1v) is 13.0. The maximum atomic E-state index is 11.8. The fourth-order valence-electron chi connectivity index (χ4n) is 5.18. The second-order valence-corrected chi connectivity index (χ2v) is 10.5. The monoisotopic (exact) mass is 504 g/mol. The van der Waals surface area contributed by atoms with Crippen molar-refractivity contribution in [3.8, 4) is 0 Å². The van der Waals surface area contributed by atoms with Gasteiger partial charge in [0.25, 0.3) is 0 Å². The number of hydrogen-bond acceptors (Lipinski definition) is 8. The zero-order valence-corrected chi connectivity index (χ0v) is 21.6. The summed E-state index contributed by atoms with van der Waals surface area (Å²) in [7, 11) is 0. The lowest BCUT2D eigenvalue weighted by Gasteiger charge is -2.47. The van der Waals surface area contributed by atoms with Crippen LogP contribution in [0.15, 0.2) is 42.5 Å². The van der Waals surface area contributed by atoms with Crippen molar-refractivity contribution in [1.29, 1.82) is 0 Å². The average Bonchev–Trinajstić information content (AvgIpc) is 2.84. The van der Waals surface area contributed by atoms with Crippen LogP contribution in [0.4, 0.5) is 0 Å². The highest BCUT2D eigenvalue weighted by Crippen LogP contribution is 2.35. The van der Waals surface area contributed by atoms with E-state index in [-0.39, 0.29) is 30.4 Å². The molecule has 8 nitrogen and oxygen atoms in total. The Morgan fingerprint density at radius 2 is 1.97 bits per heavy atom. The Morgan fingerprint density at radius 1 is 1.19 bits per heavy atom. The Morgan fingerprint density at radius 3 is 2.72 bits per heavy atom. The molecule has 1 unspecified atom stereocenters. The van der Waals surface area contributed by atoms with Crippen molar-refractivity contribution in [2.45, 2.75) is 108 Å². The smallest absolute Gasteiger partial charge is 0.302 e. The molecular weight excluding hydrogens is 464 g/mol. The van der Waals surface area contributed by atoms with Gasteiger partial charge in [-0.1, -0.05) is 36.9 Å². The highest BCUT2D eigenvalue weighted by Gasteiger charge is 2.46. The molecule has 36 heavy (non-hydrogen) atoms. The van der Waals surface area contributed by atoms with Gasteiger partial charge in [-0.25, -0.2) is 0 Å². The Bertz CT molecular complexity index is 872. The van der Waals surface area contributed by atoms with Crippen molar-refractivity contribution in [3.05, 3.63) is 48.0 Å². The minimum absolute atomic E-state index is 0.0956. The zero-order valence-electron chi connectivity index (χ0n) is 21.6. The van der Waals surface area contributed by atoms with E-state index in [1.54, 1.807) is 0 Å². The van der Waals surface area contributed by atoms with E-state index in [1.165, 1.54) is 6.92 Å². The van der Waals surface area contributed by atoms with Crippen LogP contribution in [0.25, 0.3) is 0 Å². The lowest BCUT2D eigenvalue weighted by molar-refractivity contribution is -0.336. The summed E-state index contributed by atoms with van der Waals surface area (Å²) in [5.41, 5.74) is 1.72. The summed E-state index contributed by atoms with van der Waals surface area (Å²) in [5.74, 6) is -1.09. The van der Waals surface area contributed by atoms with Gasteiger partial charge in [-0.2, -0.15) is 0 Å². The molecule has 0 spiro atoms. The predicted octanol–water partition coefficient (Wildman–Crippen LogP) is 3.69. The molecule has 0 bridgehead atoms. The average molecular weight is 505 g/mol. The maximum Gasteiger partial charge on any atom is 0.302 e. The number of aliphatic hydroxyl groups is 1. The number of carbonyl (C=O) groups is 1. The first-order valence-electron chi connectivity index (χ1n) is 13.0. The third kappa shape index (κ3) is 7.37. The molecule has 3 aliphatic heterocycles. The molecule has 4 rings (SSSR count). The van der Waals surface area contributed by atoms with Gasteiger partial charge in [-0.05, 0) is 37.8 Å². The predicted molar refractivity (Wildman–Crippen MR) is 132 cm³/mol. The van der Waals surface area contributed by atoms with Gasteiger partial charge in [0.15, 0.2) is 5.79 Å². The molecule has 3 saturated heterocycles. The quantitative estimate of drug-likeness (QED) is 0.402. The van der Waals surface area contributed by atoms with E-state index in [9.17, 15) is 9.90 Å². The van der Waals surface area contributed by atoms with E-state index in [2.05, 4.69) is 6.58 Å². The fraction of sp³-hybridized carbons (Fsp3) is 0.679. The Labute approximate surface area is 213 Å². The molecule has 0 amide bonds. The van der Waals surface area contributed by atoms with Gasteiger partial charge in [0.2, 0.25) is 0 Å². The van der Waals surface area contributed by atoms with Gasteiger partial charge in [-0.3, -0.25) is 4.79 Å². The zero-order chi connectivity index (χ0) is 25.7. The highest BCUT2D eigenvalue weighted by atomic mass is 16.7. The molecule has 0 radical (unpaired) electrons. The van der Waals surface area contributed by atoms with Crippen molar-refractivity contribution >= 4 is 5.97 Å². The molecule has 7 atom stereocenters. The van der Waals surface area contributed by atoms with Crippen molar-refractivity contribution in [3.63, 3.8) is 0 Å². The largest absolute Gasteiger partial charge is 0.460 e. The van der Waals surface area contributed by atoms with Crippen LogP contribution >= 0.6 is 0 Å². The van der Waals surface area contributed by atoms with E-state index in [1.807, 2.05) is 44.2 Å². The first-order chi connectivity index (χ1) is 17.2. The van der Waals surface area contributed by atoms with Crippen molar-refractivity contribution < 1.29 is 38.3 Å². The Balaban J connectivity index is 1.33. The van der Waals surface area contributed by atoms with Gasteiger partial charge < -0.3 is 33.5 Å². The summed E-state index contributed by atoms with van der Waals surface area (Å²) in [5, 5.41) is 11.0. The van der Waals surface area contributed by atoms with Gasteiger partial charge in [0, 0.05) is 32.8 Å². The molecule has 200 valence electrons. The summed E-state index contributed by atoms with van der Waals surface area (Å²) in [6.45, 7) is 10.8. The van der Waals surface area contributed by atoms with E-state index >= 15 is 0 Å². The SMILES string of the molecule is C=C(C[C@@H]1O[C@@H]2COC(C)(C)O[C@H]2C[C@H]1OC(C)=O)C(O)C[C@H]1OCCC[C@@H]1OCc1ccccc1. The maximum absolute atomic E-state index is 11.8. The summed E-state index contributed by atoms with van der Waals surface area (Å²) < 4.78 is 35.8. The normalized spacial score (nSPS) is 32.8. The van der Waals surface area contributed by atoms with E-state index < -0.39 is 24.1 Å². The summed E-state index contributed by atoms with van der Waals surface area (Å²) in [6, 6.07) is 10.0. The van der Waals surface area contributed by atoms with Gasteiger partial charge >= 0.3 is 5.97 Å². The molecule has 1 N–H and O–H groups in total. The second-order valence-electron chi connectivity index (χ2n) is 10.5. The highest BCUT2D eigenvalue weighted by molar-refractivity contribution is 5.66. The molecule has 1 aromatic rings. The number of hydrogen-bond donors (Lipinski definition) is 1. The lowest BCUT2D eigenvalue weighted by Crippen LogP contribution is -2.57. The second kappa shape index (κ2) is 12.2. The Kier molecular flexibility index (Phi) is 9.19. The summed E-state index contributed by atoms with van der Waals surface area (Å²) in [6.07, 6.45) is 0.510. The molecule has 3 aliphatic rings. The van der Waals surface area contributed by atoms with Crippen molar-refractivity contribution in [2.75, 3.05) is 13.2 Å². The number of benzene rings is 1. The van der Waals surface area contributed by atoms with Crippen LogP contribution in [0, 0.1) is 0 Å². The molecule has 0 aliphatic carbocycles. The number of rotatable bonds is 9. The van der Waals surface area contributed by atoms with Gasteiger partial charge in [-0.15, -0.1) is 0 Å². The van der Waals surface area contributed by atoms with Crippen LogP contribution < -0.4 is 0 Å². The van der Waals surface area contributed by atoms with Gasteiger partial charge in [0.05, 0.1) is 43.7 Å². The van der Waals surface area contributed by atoms with Crippen molar-refractivity contribution in [1.82, 2.24) is 0 Å². The topological polar surface area (TPSA) is 92.7 Å². The standard InChI is InChI=1S/C28H40O8/c1-18(13-24-25(34-19(2)29)15-26-27(35-24)17-33-28(3,4)36-26)21(30)14-23-22(11-8-12-31-23)32-16-20-9-6-5-7-10-20/h5-7,9-10,21-27,30H,1,8,11-17H2,2-4H3/t21?,22-,23+,24-,25+,26-,27+/m0/s1. The minimum Gasteiger partial charge on any atom is -0.460 e. The molecule has 0 aromatic heterocycles. The van der Waals surface area contributed by atoms with Gasteiger partial charge in [0.1, 0.15) is 12.2 Å². The van der Waals surface area contributed by atoms with Crippen LogP contribution in [0.2, 0.25) is 0 Å². The fourth-order valence-corrected chi connectivity index (χ4v) is 5.18.